The van der Waals surface area contributed by atoms with Gasteiger partial charge in [-0.3, -0.25) is 4.79 Å². The van der Waals surface area contributed by atoms with Gasteiger partial charge in [-0.2, -0.15) is 4.99 Å². The molecule has 0 spiro atoms. The Morgan fingerprint density at radius 1 is 1.14 bits per heavy atom. The number of methoxy groups -OCH3 is 1. The van der Waals surface area contributed by atoms with Crippen molar-refractivity contribution in [2.45, 2.75) is 11.8 Å². The molecule has 1 aliphatic heterocycles. The van der Waals surface area contributed by atoms with Gasteiger partial charge in [0.05, 0.1) is 18.6 Å². The van der Waals surface area contributed by atoms with E-state index in [4.69, 9.17) is 9.47 Å². The minimum atomic E-state index is -0.359. The number of aliphatic imine (C=N–C) groups is 2. The third kappa shape index (κ3) is 4.14. The fraction of sp³-hybridized carbons (Fsp3) is 0.250. The Kier molecular flexibility index (Phi) is 5.57. The number of hydrogen-bond donors (Lipinski definition) is 0. The fourth-order valence-corrected chi connectivity index (χ4v) is 3.67. The minimum Gasteiger partial charge on any atom is -0.493 e. The first-order valence-electron chi connectivity index (χ1n) is 8.97. The second-order valence-electron chi connectivity index (χ2n) is 6.31. The second kappa shape index (κ2) is 8.44. The van der Waals surface area contributed by atoms with Gasteiger partial charge in [0.15, 0.2) is 22.5 Å². The second-order valence-corrected chi connectivity index (χ2v) is 7.25. The van der Waals surface area contributed by atoms with Crippen LogP contribution >= 0.6 is 11.8 Å². The van der Waals surface area contributed by atoms with Crippen LogP contribution in [0, 0.1) is 5.92 Å². The molecular formula is C20H19N5O3S. The summed E-state index contributed by atoms with van der Waals surface area (Å²) in [6.07, 6.45) is 7.36. The Morgan fingerprint density at radius 2 is 1.97 bits per heavy atom. The van der Waals surface area contributed by atoms with Gasteiger partial charge in [0, 0.05) is 7.05 Å². The largest absolute Gasteiger partial charge is 0.493 e. The molecule has 0 saturated carbocycles. The minimum absolute atomic E-state index is 0.185. The van der Waals surface area contributed by atoms with E-state index >= 15 is 0 Å². The number of allylic oxidation sites excluding steroid dienone is 3. The van der Waals surface area contributed by atoms with Gasteiger partial charge in [0.25, 0.3) is 5.91 Å². The maximum Gasteiger partial charge on any atom is 0.260 e. The van der Waals surface area contributed by atoms with Crippen molar-refractivity contribution < 1.29 is 14.3 Å². The van der Waals surface area contributed by atoms with E-state index in [2.05, 4.69) is 20.2 Å². The number of amides is 1. The highest BCUT2D eigenvalue weighted by molar-refractivity contribution is 7.99. The highest BCUT2D eigenvalue weighted by Gasteiger charge is 2.26. The lowest BCUT2D eigenvalue weighted by molar-refractivity contribution is -0.118. The summed E-state index contributed by atoms with van der Waals surface area (Å²) in [4.78, 5) is 20.8. The van der Waals surface area contributed by atoms with Crippen LogP contribution in [0.3, 0.4) is 0 Å². The Hall–Kier alpha value is -3.20. The third-order valence-electron chi connectivity index (χ3n) is 4.45. The van der Waals surface area contributed by atoms with Crippen LogP contribution in [0.15, 0.2) is 63.7 Å². The Balaban J connectivity index is 1.39. The number of benzene rings is 1. The molecule has 1 amide bonds. The van der Waals surface area contributed by atoms with Crippen LogP contribution in [0.25, 0.3) is 0 Å². The SMILES string of the molecule is COc1ccccc1OCc1nnc(SCC2=NC(=O)C3C=CC=CC3=N2)n1C. The van der Waals surface area contributed by atoms with Crippen LogP contribution in [0.4, 0.5) is 0 Å². The van der Waals surface area contributed by atoms with Gasteiger partial charge in [-0.1, -0.05) is 42.1 Å². The zero-order valence-electron chi connectivity index (χ0n) is 16.0. The molecule has 1 atom stereocenters. The average molecular weight is 409 g/mol. The molecule has 1 aromatic carbocycles. The van der Waals surface area contributed by atoms with E-state index < -0.39 is 0 Å². The molecule has 29 heavy (non-hydrogen) atoms. The van der Waals surface area contributed by atoms with Gasteiger partial charge in [0.1, 0.15) is 18.4 Å². The van der Waals surface area contributed by atoms with Gasteiger partial charge >= 0.3 is 0 Å². The van der Waals surface area contributed by atoms with Crippen LogP contribution < -0.4 is 9.47 Å². The Bertz CT molecular complexity index is 1050. The first-order valence-corrected chi connectivity index (χ1v) is 9.96. The lowest BCUT2D eigenvalue weighted by atomic mass is 9.97. The predicted octanol–water partition coefficient (Wildman–Crippen LogP) is 2.62. The standard InChI is InChI=1S/C20H19N5O3S/c1-25-18(11-28-16-10-6-5-9-15(16)27-2)23-24-20(25)29-12-17-21-14-8-4-3-7-13(14)19(26)22-17/h3-10,13H,11-12H2,1-2H3. The number of nitrogens with zero attached hydrogens (tertiary/aromatic N) is 5. The number of amidine groups is 1. The van der Waals surface area contributed by atoms with Gasteiger partial charge in [0.2, 0.25) is 0 Å². The van der Waals surface area contributed by atoms with Crippen molar-refractivity contribution in [1.29, 1.82) is 0 Å². The van der Waals surface area contributed by atoms with E-state index in [0.29, 0.717) is 34.1 Å². The van der Waals surface area contributed by atoms with Crippen LogP contribution in [-0.4, -0.2) is 45.1 Å². The van der Waals surface area contributed by atoms with E-state index in [0.717, 1.165) is 5.71 Å². The summed E-state index contributed by atoms with van der Waals surface area (Å²) >= 11 is 1.42. The lowest BCUT2D eigenvalue weighted by Crippen LogP contribution is -2.27. The van der Waals surface area contributed by atoms with Crippen molar-refractivity contribution in [3.8, 4) is 11.5 Å². The molecule has 148 valence electrons. The van der Waals surface area contributed by atoms with Gasteiger partial charge < -0.3 is 14.0 Å². The molecule has 0 N–H and O–H groups in total. The van der Waals surface area contributed by atoms with Crippen LogP contribution in [0.1, 0.15) is 5.82 Å². The molecule has 0 radical (unpaired) electrons. The third-order valence-corrected chi connectivity index (χ3v) is 5.46. The Labute approximate surface area is 172 Å². The summed E-state index contributed by atoms with van der Waals surface area (Å²) in [7, 11) is 3.47. The normalized spacial score (nSPS) is 17.6. The molecule has 0 bridgehead atoms. The van der Waals surface area contributed by atoms with Crippen molar-refractivity contribution >= 4 is 29.2 Å². The molecule has 0 fully saturated rings. The summed E-state index contributed by atoms with van der Waals surface area (Å²) in [6, 6.07) is 7.44. The molecule has 1 aromatic heterocycles. The molecule has 2 aliphatic rings. The number of fused-ring (bicyclic) bond motifs is 1. The van der Waals surface area contributed by atoms with Crippen LogP contribution in [0.5, 0.6) is 11.5 Å². The average Bonchev–Trinajstić information content (AvgIpc) is 3.10. The predicted molar refractivity (Wildman–Crippen MR) is 111 cm³/mol. The molecule has 1 unspecified atom stereocenters. The van der Waals surface area contributed by atoms with Crippen molar-refractivity contribution in [3.63, 3.8) is 0 Å². The van der Waals surface area contributed by atoms with Crippen molar-refractivity contribution in [2.75, 3.05) is 12.9 Å². The number of thioether (sulfide) groups is 1. The van der Waals surface area contributed by atoms with E-state index in [1.807, 2.05) is 60.2 Å². The Morgan fingerprint density at radius 3 is 2.79 bits per heavy atom. The fourth-order valence-electron chi connectivity index (χ4n) is 2.89. The highest BCUT2D eigenvalue weighted by atomic mass is 32.2. The van der Waals surface area contributed by atoms with Gasteiger partial charge in [-0.05, 0) is 18.2 Å². The molecule has 9 heteroatoms. The number of carbonyl (C=O) groups is 1. The number of aromatic nitrogens is 3. The van der Waals surface area contributed by atoms with Crippen molar-refractivity contribution in [3.05, 3.63) is 54.4 Å². The summed E-state index contributed by atoms with van der Waals surface area (Å²) in [5, 5.41) is 9.10. The molecule has 2 aromatic rings. The zero-order valence-corrected chi connectivity index (χ0v) is 16.8. The monoisotopic (exact) mass is 409 g/mol. The molecule has 4 rings (SSSR count). The molecular weight excluding hydrogens is 390 g/mol. The first kappa shape index (κ1) is 19.1. The molecule has 8 nitrogen and oxygen atoms in total. The first-order chi connectivity index (χ1) is 14.2. The number of para-hydroxylation sites is 2. The van der Waals surface area contributed by atoms with E-state index in [1.165, 1.54) is 11.8 Å². The molecule has 0 saturated heterocycles. The number of carbonyl (C=O) groups excluding carboxylic acids is 1. The van der Waals surface area contributed by atoms with Crippen molar-refractivity contribution in [2.24, 2.45) is 23.0 Å². The van der Waals surface area contributed by atoms with Crippen molar-refractivity contribution in [1.82, 2.24) is 14.8 Å². The summed E-state index contributed by atoms with van der Waals surface area (Å²) in [5.74, 6) is 2.35. The maximum atomic E-state index is 12.2. The van der Waals surface area contributed by atoms with Crippen LogP contribution in [0.2, 0.25) is 0 Å². The summed E-state index contributed by atoms with van der Waals surface area (Å²) in [6.45, 7) is 0.255. The van der Waals surface area contributed by atoms with Gasteiger partial charge in [-0.25, -0.2) is 4.99 Å². The van der Waals surface area contributed by atoms with E-state index in [1.54, 1.807) is 7.11 Å². The van der Waals surface area contributed by atoms with Crippen LogP contribution in [-0.2, 0) is 18.4 Å². The topological polar surface area (TPSA) is 91.0 Å². The summed E-state index contributed by atoms with van der Waals surface area (Å²) in [5.41, 5.74) is 0.729. The van der Waals surface area contributed by atoms with E-state index in [9.17, 15) is 4.79 Å². The number of ether oxygens (including phenoxy) is 2. The highest BCUT2D eigenvalue weighted by Crippen LogP contribution is 2.27. The summed E-state index contributed by atoms with van der Waals surface area (Å²) < 4.78 is 13.0. The molecule has 1 aliphatic carbocycles. The quantitative estimate of drug-likeness (QED) is 0.653. The van der Waals surface area contributed by atoms with E-state index in [-0.39, 0.29) is 18.4 Å². The number of rotatable bonds is 7. The van der Waals surface area contributed by atoms with Gasteiger partial charge in [-0.15, -0.1) is 10.2 Å². The zero-order chi connectivity index (χ0) is 20.2. The lowest BCUT2D eigenvalue weighted by Gasteiger charge is -2.17. The smallest absolute Gasteiger partial charge is 0.260 e. The maximum absolute atomic E-state index is 12.2. The number of hydrogen-bond acceptors (Lipinski definition) is 7. The molecule has 2 heterocycles.